The van der Waals surface area contributed by atoms with Crippen LogP contribution in [0.5, 0.6) is 5.75 Å². The van der Waals surface area contributed by atoms with E-state index in [4.69, 9.17) is 4.74 Å². The van der Waals surface area contributed by atoms with Crippen molar-refractivity contribution in [1.82, 2.24) is 9.97 Å². The van der Waals surface area contributed by atoms with Crippen LogP contribution in [0.1, 0.15) is 5.69 Å². The first-order valence-corrected chi connectivity index (χ1v) is 7.11. The Hall–Kier alpha value is -3.01. The van der Waals surface area contributed by atoms with E-state index >= 15 is 0 Å². The van der Waals surface area contributed by atoms with Crippen LogP contribution in [0, 0.1) is 0 Å². The number of methoxy groups -OCH3 is 1. The van der Waals surface area contributed by atoms with E-state index in [1.807, 2.05) is 48.7 Å². The summed E-state index contributed by atoms with van der Waals surface area (Å²) in [6.07, 6.45) is 6.00. The Morgan fingerprint density at radius 2 is 2.05 bits per heavy atom. The third-order valence-electron chi connectivity index (χ3n) is 3.70. The van der Waals surface area contributed by atoms with E-state index in [2.05, 4.69) is 27.1 Å². The normalized spacial score (nSPS) is 16.1. The molecule has 1 aliphatic heterocycles. The molecule has 0 unspecified atom stereocenters. The lowest BCUT2D eigenvalue weighted by Gasteiger charge is -1.92. The Morgan fingerprint density at radius 1 is 1.14 bits per heavy atom. The predicted molar refractivity (Wildman–Crippen MR) is 86.1 cm³/mol. The molecular formula is C18H15N3O. The Kier molecular flexibility index (Phi) is 2.93. The molecule has 2 aromatic heterocycles. The van der Waals surface area contributed by atoms with E-state index in [1.54, 1.807) is 7.11 Å². The van der Waals surface area contributed by atoms with Gasteiger partial charge >= 0.3 is 0 Å². The third-order valence-corrected chi connectivity index (χ3v) is 3.70. The summed E-state index contributed by atoms with van der Waals surface area (Å²) in [4.78, 5) is 11.2. The van der Waals surface area contributed by atoms with Crippen molar-refractivity contribution < 1.29 is 4.74 Å². The SMILES string of the molecule is COc1c/c(=C2\C=c3ccccc3=N2)[nH]/c1=C\c1ccc[nH]1. The van der Waals surface area contributed by atoms with Crippen LogP contribution in [0.25, 0.3) is 17.8 Å². The number of benzene rings is 1. The van der Waals surface area contributed by atoms with Crippen LogP contribution in [-0.4, -0.2) is 17.1 Å². The van der Waals surface area contributed by atoms with Gasteiger partial charge in [0.1, 0.15) is 5.75 Å². The summed E-state index contributed by atoms with van der Waals surface area (Å²) in [5.41, 5.74) is 1.94. The highest BCUT2D eigenvalue weighted by atomic mass is 16.5. The molecule has 0 atom stereocenters. The molecular weight excluding hydrogens is 274 g/mol. The molecule has 0 spiro atoms. The first kappa shape index (κ1) is 12.7. The molecule has 0 bridgehead atoms. The summed E-state index contributed by atoms with van der Waals surface area (Å²) in [7, 11) is 1.67. The lowest BCUT2D eigenvalue weighted by molar-refractivity contribution is 0.412. The minimum Gasteiger partial charge on any atom is -0.494 e. The standard InChI is InChI=1S/C18H15N3O/c1-22-18-11-16(21-17(18)10-13-6-4-8-19-13)15-9-12-5-2-3-7-14(12)20-15/h2-11,19,21H,1H3/b16-15-,17-10-. The number of ether oxygens (including phenoxy) is 1. The van der Waals surface area contributed by atoms with Gasteiger partial charge in [0.25, 0.3) is 0 Å². The van der Waals surface area contributed by atoms with Crippen LogP contribution in [0.4, 0.5) is 0 Å². The molecule has 1 aliphatic rings. The van der Waals surface area contributed by atoms with Gasteiger partial charge in [-0.3, -0.25) is 0 Å². The fourth-order valence-corrected chi connectivity index (χ4v) is 2.61. The summed E-state index contributed by atoms with van der Waals surface area (Å²) in [5.74, 6) is 0.802. The van der Waals surface area contributed by atoms with E-state index in [9.17, 15) is 0 Å². The molecule has 0 saturated heterocycles. The Bertz CT molecular complexity index is 1020. The number of aromatic amines is 2. The van der Waals surface area contributed by atoms with Gasteiger partial charge in [-0.1, -0.05) is 18.2 Å². The minimum atomic E-state index is 0.802. The van der Waals surface area contributed by atoms with Crippen LogP contribution in [0.2, 0.25) is 0 Å². The lowest BCUT2D eigenvalue weighted by Crippen LogP contribution is -2.19. The maximum Gasteiger partial charge on any atom is 0.144 e. The van der Waals surface area contributed by atoms with E-state index in [0.717, 1.165) is 38.4 Å². The molecule has 3 aromatic rings. The van der Waals surface area contributed by atoms with Crippen LogP contribution in [0.15, 0.2) is 53.7 Å². The first-order chi connectivity index (χ1) is 10.8. The molecule has 0 aliphatic carbocycles. The Labute approximate surface area is 126 Å². The van der Waals surface area contributed by atoms with Gasteiger partial charge in [-0.05, 0) is 30.4 Å². The van der Waals surface area contributed by atoms with Gasteiger partial charge in [0.2, 0.25) is 0 Å². The molecule has 4 heteroatoms. The van der Waals surface area contributed by atoms with E-state index in [0.29, 0.717) is 0 Å². The monoisotopic (exact) mass is 289 g/mol. The maximum absolute atomic E-state index is 5.47. The lowest BCUT2D eigenvalue weighted by atomic mass is 10.3. The quantitative estimate of drug-likeness (QED) is 0.705. The highest BCUT2D eigenvalue weighted by Crippen LogP contribution is 2.04. The van der Waals surface area contributed by atoms with Gasteiger partial charge in [0, 0.05) is 23.2 Å². The highest BCUT2D eigenvalue weighted by molar-refractivity contribution is 5.76. The molecule has 0 saturated carbocycles. The summed E-state index contributed by atoms with van der Waals surface area (Å²) in [6, 6.07) is 14.1. The topological polar surface area (TPSA) is 53.2 Å². The summed E-state index contributed by atoms with van der Waals surface area (Å²) >= 11 is 0. The van der Waals surface area contributed by atoms with Gasteiger partial charge in [0.05, 0.1) is 28.9 Å². The molecule has 108 valence electrons. The summed E-state index contributed by atoms with van der Waals surface area (Å²) < 4.78 is 5.47. The van der Waals surface area contributed by atoms with E-state index < -0.39 is 0 Å². The van der Waals surface area contributed by atoms with Gasteiger partial charge in [-0.25, -0.2) is 4.99 Å². The second-order valence-electron chi connectivity index (χ2n) is 5.14. The Balaban J connectivity index is 1.94. The van der Waals surface area contributed by atoms with E-state index in [-0.39, 0.29) is 0 Å². The van der Waals surface area contributed by atoms with Crippen LogP contribution in [-0.2, 0) is 0 Å². The molecule has 0 fully saturated rings. The molecule has 0 radical (unpaired) electrons. The summed E-state index contributed by atoms with van der Waals surface area (Å²) in [6.45, 7) is 0. The number of hydrogen-bond donors (Lipinski definition) is 2. The molecule has 4 nitrogen and oxygen atoms in total. The molecule has 4 rings (SSSR count). The Morgan fingerprint density at radius 3 is 2.82 bits per heavy atom. The second kappa shape index (κ2) is 5.07. The van der Waals surface area contributed by atoms with Crippen molar-refractivity contribution in [2.45, 2.75) is 0 Å². The second-order valence-corrected chi connectivity index (χ2v) is 5.14. The predicted octanol–water partition coefficient (Wildman–Crippen LogP) is 0.402. The fourth-order valence-electron chi connectivity index (χ4n) is 2.61. The number of rotatable bonds is 2. The van der Waals surface area contributed by atoms with Crippen molar-refractivity contribution in [3.05, 3.63) is 75.6 Å². The molecule has 22 heavy (non-hydrogen) atoms. The van der Waals surface area contributed by atoms with Crippen molar-refractivity contribution >= 4 is 17.8 Å². The van der Waals surface area contributed by atoms with Crippen molar-refractivity contribution in [2.24, 2.45) is 4.99 Å². The number of hydrogen-bond acceptors (Lipinski definition) is 2. The van der Waals surface area contributed by atoms with Gasteiger partial charge in [-0.2, -0.15) is 0 Å². The largest absolute Gasteiger partial charge is 0.494 e. The van der Waals surface area contributed by atoms with Crippen molar-refractivity contribution in [3.63, 3.8) is 0 Å². The van der Waals surface area contributed by atoms with Crippen molar-refractivity contribution in [2.75, 3.05) is 7.11 Å². The average molecular weight is 289 g/mol. The fraction of sp³-hybridized carbons (Fsp3) is 0.0556. The number of para-hydroxylation sites is 1. The van der Waals surface area contributed by atoms with Crippen molar-refractivity contribution in [3.8, 4) is 5.75 Å². The van der Waals surface area contributed by atoms with E-state index in [1.165, 1.54) is 0 Å². The van der Waals surface area contributed by atoms with Crippen LogP contribution >= 0.6 is 0 Å². The number of nitrogens with one attached hydrogen (secondary N) is 2. The van der Waals surface area contributed by atoms with Gasteiger partial charge < -0.3 is 14.7 Å². The van der Waals surface area contributed by atoms with Crippen LogP contribution < -0.4 is 26.0 Å². The molecule has 3 heterocycles. The minimum absolute atomic E-state index is 0.802. The highest BCUT2D eigenvalue weighted by Gasteiger charge is 2.05. The van der Waals surface area contributed by atoms with Crippen LogP contribution in [0.3, 0.4) is 0 Å². The zero-order valence-corrected chi connectivity index (χ0v) is 12.1. The molecule has 2 N–H and O–H groups in total. The smallest absolute Gasteiger partial charge is 0.144 e. The molecule has 1 aromatic carbocycles. The molecule has 0 amide bonds. The summed E-state index contributed by atoms with van der Waals surface area (Å²) in [5, 5.41) is 4.01. The first-order valence-electron chi connectivity index (χ1n) is 7.11. The maximum atomic E-state index is 5.47. The zero-order chi connectivity index (χ0) is 14.9. The van der Waals surface area contributed by atoms with Gasteiger partial charge in [-0.15, -0.1) is 0 Å². The average Bonchev–Trinajstić information content (AvgIpc) is 3.26. The zero-order valence-electron chi connectivity index (χ0n) is 12.1. The number of nitrogens with zero attached hydrogens (tertiary/aromatic N) is 1. The third kappa shape index (κ3) is 2.15. The van der Waals surface area contributed by atoms with Gasteiger partial charge in [0.15, 0.2) is 0 Å². The number of fused-ring (bicyclic) bond motifs is 1. The number of aromatic nitrogens is 2. The number of H-pyrrole nitrogens is 2. The van der Waals surface area contributed by atoms with Crippen molar-refractivity contribution in [1.29, 1.82) is 0 Å².